The van der Waals surface area contributed by atoms with Crippen molar-refractivity contribution in [2.45, 2.75) is 19.4 Å². The topological polar surface area (TPSA) is 33.7 Å². The van der Waals surface area contributed by atoms with Crippen molar-refractivity contribution in [3.05, 3.63) is 24.3 Å². The number of methoxy groups -OCH3 is 1. The van der Waals surface area contributed by atoms with E-state index in [-0.39, 0.29) is 0 Å². The highest BCUT2D eigenvalue weighted by Gasteiger charge is 2.20. The summed E-state index contributed by atoms with van der Waals surface area (Å²) in [4.78, 5) is 2.43. The summed E-state index contributed by atoms with van der Waals surface area (Å²) < 4.78 is 10.8. The molecule has 1 aromatic carbocycles. The summed E-state index contributed by atoms with van der Waals surface area (Å²) in [5.41, 5.74) is 1.21. The molecule has 1 aliphatic rings. The van der Waals surface area contributed by atoms with E-state index in [1.54, 1.807) is 7.11 Å². The molecular formula is C15H24N2O2. The van der Waals surface area contributed by atoms with Gasteiger partial charge in [-0.2, -0.15) is 0 Å². The molecule has 0 bridgehead atoms. The molecule has 1 unspecified atom stereocenters. The zero-order valence-electron chi connectivity index (χ0n) is 11.9. The number of para-hydroxylation sites is 2. The maximum absolute atomic E-state index is 5.79. The van der Waals surface area contributed by atoms with Gasteiger partial charge in [0.25, 0.3) is 0 Å². The fraction of sp³-hybridized carbons (Fsp3) is 0.600. The molecule has 19 heavy (non-hydrogen) atoms. The van der Waals surface area contributed by atoms with Gasteiger partial charge in [-0.15, -0.1) is 0 Å². The van der Waals surface area contributed by atoms with Crippen LogP contribution in [0.5, 0.6) is 5.75 Å². The second kappa shape index (κ2) is 7.36. The highest BCUT2D eigenvalue weighted by Crippen LogP contribution is 2.31. The SMILES string of the molecule is COCCNCC(C)N1CCCOc2ccccc21. The summed E-state index contributed by atoms with van der Waals surface area (Å²) in [6, 6.07) is 8.75. The smallest absolute Gasteiger partial charge is 0.142 e. The van der Waals surface area contributed by atoms with Crippen LogP contribution in [0.1, 0.15) is 13.3 Å². The molecule has 2 rings (SSSR count). The monoisotopic (exact) mass is 264 g/mol. The second-order valence-electron chi connectivity index (χ2n) is 4.91. The van der Waals surface area contributed by atoms with Gasteiger partial charge in [-0.1, -0.05) is 12.1 Å². The van der Waals surface area contributed by atoms with Crippen molar-refractivity contribution in [2.24, 2.45) is 0 Å². The molecular weight excluding hydrogens is 240 g/mol. The first-order valence-electron chi connectivity index (χ1n) is 7.01. The van der Waals surface area contributed by atoms with Gasteiger partial charge in [0, 0.05) is 32.8 Å². The molecule has 1 atom stereocenters. The van der Waals surface area contributed by atoms with E-state index in [1.165, 1.54) is 5.69 Å². The number of anilines is 1. The van der Waals surface area contributed by atoms with Crippen LogP contribution in [-0.2, 0) is 4.74 Å². The molecule has 4 nitrogen and oxygen atoms in total. The van der Waals surface area contributed by atoms with Gasteiger partial charge in [-0.05, 0) is 25.5 Å². The van der Waals surface area contributed by atoms with E-state index in [0.29, 0.717) is 6.04 Å². The van der Waals surface area contributed by atoms with Gasteiger partial charge < -0.3 is 19.7 Å². The molecule has 1 heterocycles. The Balaban J connectivity index is 1.98. The first-order chi connectivity index (χ1) is 9.33. The van der Waals surface area contributed by atoms with Gasteiger partial charge in [-0.3, -0.25) is 0 Å². The Bertz CT molecular complexity index is 384. The van der Waals surface area contributed by atoms with Crippen LogP contribution in [0, 0.1) is 0 Å². The van der Waals surface area contributed by atoms with Crippen molar-refractivity contribution in [3.8, 4) is 5.75 Å². The minimum atomic E-state index is 0.444. The predicted molar refractivity (Wildman–Crippen MR) is 78.1 cm³/mol. The minimum Gasteiger partial charge on any atom is -0.491 e. The van der Waals surface area contributed by atoms with Crippen molar-refractivity contribution in [3.63, 3.8) is 0 Å². The third-order valence-electron chi connectivity index (χ3n) is 3.43. The largest absolute Gasteiger partial charge is 0.491 e. The first-order valence-corrected chi connectivity index (χ1v) is 7.01. The number of nitrogens with one attached hydrogen (secondary N) is 1. The normalized spacial score (nSPS) is 16.4. The van der Waals surface area contributed by atoms with Crippen molar-refractivity contribution in [1.82, 2.24) is 5.32 Å². The minimum absolute atomic E-state index is 0.444. The third kappa shape index (κ3) is 3.85. The van der Waals surface area contributed by atoms with Crippen LogP contribution in [0.15, 0.2) is 24.3 Å². The third-order valence-corrected chi connectivity index (χ3v) is 3.43. The van der Waals surface area contributed by atoms with E-state index in [0.717, 1.165) is 45.0 Å². The van der Waals surface area contributed by atoms with E-state index in [4.69, 9.17) is 9.47 Å². The van der Waals surface area contributed by atoms with E-state index < -0.39 is 0 Å². The predicted octanol–water partition coefficient (Wildman–Crippen LogP) is 1.90. The van der Waals surface area contributed by atoms with E-state index in [2.05, 4.69) is 35.3 Å². The number of nitrogens with zero attached hydrogens (tertiary/aromatic N) is 1. The van der Waals surface area contributed by atoms with Gasteiger partial charge >= 0.3 is 0 Å². The van der Waals surface area contributed by atoms with Crippen LogP contribution in [-0.4, -0.2) is 46.0 Å². The lowest BCUT2D eigenvalue weighted by atomic mass is 10.2. The summed E-state index contributed by atoms with van der Waals surface area (Å²) in [5.74, 6) is 1.00. The van der Waals surface area contributed by atoms with Crippen LogP contribution < -0.4 is 15.0 Å². The molecule has 0 spiro atoms. The Morgan fingerprint density at radius 2 is 2.26 bits per heavy atom. The molecule has 1 aliphatic heterocycles. The summed E-state index contributed by atoms with van der Waals surface area (Å²) in [5, 5.41) is 3.43. The summed E-state index contributed by atoms with van der Waals surface area (Å²) in [7, 11) is 1.73. The van der Waals surface area contributed by atoms with Crippen molar-refractivity contribution >= 4 is 5.69 Å². The maximum Gasteiger partial charge on any atom is 0.142 e. The highest BCUT2D eigenvalue weighted by atomic mass is 16.5. The van der Waals surface area contributed by atoms with Gasteiger partial charge in [0.1, 0.15) is 5.75 Å². The molecule has 1 aromatic rings. The number of rotatable bonds is 6. The lowest BCUT2D eigenvalue weighted by Gasteiger charge is -2.30. The summed E-state index contributed by atoms with van der Waals surface area (Å²) >= 11 is 0. The summed E-state index contributed by atoms with van der Waals surface area (Å²) in [6.07, 6.45) is 1.07. The fourth-order valence-corrected chi connectivity index (χ4v) is 2.41. The molecule has 0 amide bonds. The molecule has 4 heteroatoms. The summed E-state index contributed by atoms with van der Waals surface area (Å²) in [6.45, 7) is 6.71. The lowest BCUT2D eigenvalue weighted by Crippen LogP contribution is -2.41. The standard InChI is InChI=1S/C15H24N2O2/c1-13(12-16-8-11-18-2)17-9-5-10-19-15-7-4-3-6-14(15)17/h3-4,6-7,13,16H,5,8-12H2,1-2H3. The Hall–Kier alpha value is -1.26. The molecule has 0 aromatic heterocycles. The Morgan fingerprint density at radius 3 is 3.11 bits per heavy atom. The molecule has 0 radical (unpaired) electrons. The van der Waals surface area contributed by atoms with E-state index in [1.807, 2.05) is 6.07 Å². The van der Waals surface area contributed by atoms with Gasteiger partial charge in [0.2, 0.25) is 0 Å². The van der Waals surface area contributed by atoms with Crippen LogP contribution >= 0.6 is 0 Å². The maximum atomic E-state index is 5.79. The number of hydrogen-bond donors (Lipinski definition) is 1. The van der Waals surface area contributed by atoms with Gasteiger partial charge in [0.15, 0.2) is 0 Å². The zero-order chi connectivity index (χ0) is 13.5. The highest BCUT2D eigenvalue weighted by molar-refractivity contribution is 5.59. The zero-order valence-corrected chi connectivity index (χ0v) is 11.9. The molecule has 0 fully saturated rings. The van der Waals surface area contributed by atoms with Crippen LogP contribution in [0.25, 0.3) is 0 Å². The van der Waals surface area contributed by atoms with E-state index >= 15 is 0 Å². The number of hydrogen-bond acceptors (Lipinski definition) is 4. The fourth-order valence-electron chi connectivity index (χ4n) is 2.41. The number of benzene rings is 1. The van der Waals surface area contributed by atoms with Crippen LogP contribution in [0.4, 0.5) is 5.69 Å². The van der Waals surface area contributed by atoms with Crippen molar-refractivity contribution in [2.75, 3.05) is 44.9 Å². The van der Waals surface area contributed by atoms with Gasteiger partial charge in [-0.25, -0.2) is 0 Å². The van der Waals surface area contributed by atoms with Crippen molar-refractivity contribution in [1.29, 1.82) is 0 Å². The molecule has 0 saturated carbocycles. The Labute approximate surface area is 115 Å². The molecule has 0 saturated heterocycles. The molecule has 106 valence electrons. The average molecular weight is 264 g/mol. The number of ether oxygens (including phenoxy) is 2. The molecule has 0 aliphatic carbocycles. The van der Waals surface area contributed by atoms with Crippen LogP contribution in [0.3, 0.4) is 0 Å². The van der Waals surface area contributed by atoms with Crippen LogP contribution in [0.2, 0.25) is 0 Å². The quantitative estimate of drug-likeness (QED) is 0.796. The first kappa shape index (κ1) is 14.2. The Kier molecular flexibility index (Phi) is 5.48. The molecule has 1 N–H and O–H groups in total. The average Bonchev–Trinajstić information content (AvgIpc) is 2.66. The lowest BCUT2D eigenvalue weighted by molar-refractivity contribution is 0.199. The van der Waals surface area contributed by atoms with Gasteiger partial charge in [0.05, 0.1) is 18.9 Å². The van der Waals surface area contributed by atoms with E-state index in [9.17, 15) is 0 Å². The second-order valence-corrected chi connectivity index (χ2v) is 4.91. The van der Waals surface area contributed by atoms with Crippen molar-refractivity contribution < 1.29 is 9.47 Å². The Morgan fingerprint density at radius 1 is 1.42 bits per heavy atom. The number of fused-ring (bicyclic) bond motifs is 1.